The van der Waals surface area contributed by atoms with E-state index in [0.717, 1.165) is 16.7 Å². The Morgan fingerprint density at radius 2 is 1.50 bits per heavy atom. The van der Waals surface area contributed by atoms with Crippen molar-refractivity contribution in [2.45, 2.75) is 18.8 Å². The van der Waals surface area contributed by atoms with Crippen molar-refractivity contribution < 1.29 is 4.79 Å². The molecular weight excluding hydrogens is 420 g/mol. The monoisotopic (exact) mass is 450 g/mol. The Morgan fingerprint density at radius 3 is 2.24 bits per heavy atom. The average molecular weight is 451 g/mol. The van der Waals surface area contributed by atoms with E-state index >= 15 is 0 Å². The molecule has 2 aromatic heterocycles. The highest BCUT2D eigenvalue weighted by Crippen LogP contribution is 2.31. The molecule has 1 atom stereocenters. The van der Waals surface area contributed by atoms with Crippen molar-refractivity contribution in [1.82, 2.24) is 15.3 Å². The summed E-state index contributed by atoms with van der Waals surface area (Å²) in [6.45, 7) is 0.551. The number of aromatic nitrogens is 2. The predicted molar refractivity (Wildman–Crippen MR) is 141 cm³/mol. The van der Waals surface area contributed by atoms with Crippen LogP contribution in [0, 0.1) is 0 Å². The molecule has 34 heavy (non-hydrogen) atoms. The zero-order chi connectivity index (χ0) is 23.5. The van der Waals surface area contributed by atoms with Crippen molar-refractivity contribution in [3.8, 4) is 0 Å². The van der Waals surface area contributed by atoms with E-state index in [1.165, 1.54) is 27.5 Å². The van der Waals surface area contributed by atoms with Gasteiger partial charge in [-0.15, -0.1) is 0 Å². The molecule has 0 bridgehead atoms. The molecule has 1 amide bonds. The molecule has 0 saturated carbocycles. The van der Waals surface area contributed by atoms with Crippen LogP contribution in [0.5, 0.6) is 0 Å². The number of nitrogens with one attached hydrogen (secondary N) is 3. The minimum atomic E-state index is 0.0596. The number of fused-ring (bicyclic) bond motifs is 2. The van der Waals surface area contributed by atoms with Crippen molar-refractivity contribution in [3.63, 3.8) is 0 Å². The van der Waals surface area contributed by atoms with Gasteiger partial charge in [0.15, 0.2) is 0 Å². The number of hydrogen-bond acceptors (Lipinski definition) is 2. The molecule has 0 aliphatic heterocycles. The third-order valence-corrected chi connectivity index (χ3v) is 6.61. The van der Waals surface area contributed by atoms with Crippen molar-refractivity contribution in [2.75, 3.05) is 25.5 Å². The molecule has 0 aliphatic carbocycles. The Morgan fingerprint density at radius 1 is 0.853 bits per heavy atom. The number of nitrogens with zero attached hydrogens (tertiary/aromatic N) is 1. The van der Waals surface area contributed by atoms with Gasteiger partial charge in [-0.05, 0) is 47.4 Å². The number of aryl methyl sites for hydroxylation is 1. The van der Waals surface area contributed by atoms with Gasteiger partial charge < -0.3 is 20.2 Å². The highest BCUT2D eigenvalue weighted by atomic mass is 16.1. The van der Waals surface area contributed by atoms with Gasteiger partial charge in [-0.3, -0.25) is 4.79 Å². The van der Waals surface area contributed by atoms with Crippen LogP contribution < -0.4 is 10.2 Å². The number of carbonyl (C=O) groups is 1. The van der Waals surface area contributed by atoms with E-state index in [4.69, 9.17) is 0 Å². The van der Waals surface area contributed by atoms with Crippen LogP contribution in [-0.4, -0.2) is 36.5 Å². The number of H-pyrrole nitrogens is 2. The maximum absolute atomic E-state index is 12.9. The summed E-state index contributed by atoms with van der Waals surface area (Å²) in [7, 11) is 4.08. The minimum absolute atomic E-state index is 0.0596. The second kappa shape index (κ2) is 9.48. The third kappa shape index (κ3) is 4.42. The van der Waals surface area contributed by atoms with E-state index in [0.29, 0.717) is 19.4 Å². The lowest BCUT2D eigenvalue weighted by Gasteiger charge is -2.20. The first-order chi connectivity index (χ1) is 16.6. The summed E-state index contributed by atoms with van der Waals surface area (Å²) in [5, 5.41) is 5.59. The maximum Gasteiger partial charge on any atom is 0.220 e. The smallest absolute Gasteiger partial charge is 0.220 e. The largest absolute Gasteiger partial charge is 0.378 e. The summed E-state index contributed by atoms with van der Waals surface area (Å²) in [4.78, 5) is 21.6. The SMILES string of the molecule is CN(C)c1ccc(C(CNC(=O)CCc2c[nH]c3ccccc23)c2c[nH]c3ccccc23)cc1. The number of anilines is 1. The standard InChI is InChI=1S/C29H30N4O/c1-33(2)22-14-11-20(12-15-22)25(26-19-31-28-10-6-4-8-24(26)28)18-32-29(34)16-13-21-17-30-27-9-5-3-7-23(21)27/h3-12,14-15,17,19,25,30-31H,13,16,18H2,1-2H3,(H,32,34). The summed E-state index contributed by atoms with van der Waals surface area (Å²) in [6, 6.07) is 25.1. The van der Waals surface area contributed by atoms with E-state index in [1.807, 2.05) is 38.5 Å². The molecule has 0 aliphatic rings. The highest BCUT2D eigenvalue weighted by molar-refractivity contribution is 5.85. The Balaban J connectivity index is 1.33. The molecule has 0 radical (unpaired) electrons. The Hall–Kier alpha value is -3.99. The fourth-order valence-corrected chi connectivity index (χ4v) is 4.69. The predicted octanol–water partition coefficient (Wildman–Crippen LogP) is 5.60. The van der Waals surface area contributed by atoms with Gasteiger partial charge in [0.25, 0.3) is 0 Å². The van der Waals surface area contributed by atoms with Crippen LogP contribution in [-0.2, 0) is 11.2 Å². The van der Waals surface area contributed by atoms with Crippen LogP contribution in [0.2, 0.25) is 0 Å². The number of para-hydroxylation sites is 2. The van der Waals surface area contributed by atoms with Crippen LogP contribution in [0.4, 0.5) is 5.69 Å². The van der Waals surface area contributed by atoms with Crippen LogP contribution in [0.3, 0.4) is 0 Å². The van der Waals surface area contributed by atoms with Crippen molar-refractivity contribution >= 4 is 33.4 Å². The summed E-state index contributed by atoms with van der Waals surface area (Å²) in [5.41, 5.74) is 6.94. The van der Waals surface area contributed by atoms with Gasteiger partial charge in [0.05, 0.1) is 0 Å². The van der Waals surface area contributed by atoms with Crippen molar-refractivity contribution in [2.24, 2.45) is 0 Å². The molecule has 1 unspecified atom stereocenters. The fraction of sp³-hybridized carbons (Fsp3) is 0.207. The van der Waals surface area contributed by atoms with Crippen LogP contribution in [0.15, 0.2) is 85.2 Å². The van der Waals surface area contributed by atoms with Crippen LogP contribution in [0.1, 0.15) is 29.0 Å². The summed E-state index contributed by atoms with van der Waals surface area (Å²) in [6.07, 6.45) is 5.26. The molecule has 5 rings (SSSR count). The Labute approximate surface area is 199 Å². The number of carbonyl (C=O) groups excluding carboxylic acids is 1. The molecule has 5 aromatic rings. The molecular formula is C29H30N4O. The zero-order valence-electron chi connectivity index (χ0n) is 19.6. The Bertz CT molecular complexity index is 1410. The summed E-state index contributed by atoms with van der Waals surface area (Å²) in [5.74, 6) is 0.129. The number of amides is 1. The summed E-state index contributed by atoms with van der Waals surface area (Å²) >= 11 is 0. The molecule has 0 spiro atoms. The van der Waals surface area contributed by atoms with Gasteiger partial charge in [-0.25, -0.2) is 0 Å². The molecule has 0 saturated heterocycles. The number of hydrogen-bond donors (Lipinski definition) is 3. The summed E-state index contributed by atoms with van der Waals surface area (Å²) < 4.78 is 0. The maximum atomic E-state index is 12.9. The number of aromatic amines is 2. The van der Waals surface area contributed by atoms with Gasteiger partial charge in [0.1, 0.15) is 0 Å². The highest BCUT2D eigenvalue weighted by Gasteiger charge is 2.19. The van der Waals surface area contributed by atoms with E-state index < -0.39 is 0 Å². The lowest BCUT2D eigenvalue weighted by atomic mass is 9.90. The molecule has 5 heteroatoms. The molecule has 3 aromatic carbocycles. The normalized spacial score (nSPS) is 12.2. The quantitative estimate of drug-likeness (QED) is 0.288. The lowest BCUT2D eigenvalue weighted by Crippen LogP contribution is -2.29. The van der Waals surface area contributed by atoms with E-state index in [1.54, 1.807) is 0 Å². The molecule has 0 fully saturated rings. The molecule has 172 valence electrons. The van der Waals surface area contributed by atoms with Gasteiger partial charge in [0.2, 0.25) is 5.91 Å². The molecule has 3 N–H and O–H groups in total. The zero-order valence-corrected chi connectivity index (χ0v) is 19.6. The average Bonchev–Trinajstić information content (AvgIpc) is 3.48. The molecule has 5 nitrogen and oxygen atoms in total. The van der Waals surface area contributed by atoms with Crippen molar-refractivity contribution in [3.05, 3.63) is 102 Å². The van der Waals surface area contributed by atoms with E-state index in [2.05, 4.69) is 81.0 Å². The minimum Gasteiger partial charge on any atom is -0.378 e. The van der Waals surface area contributed by atoms with Gasteiger partial charge in [0, 0.05) is 72.9 Å². The number of benzene rings is 3. The third-order valence-electron chi connectivity index (χ3n) is 6.61. The first-order valence-electron chi connectivity index (χ1n) is 11.7. The lowest BCUT2D eigenvalue weighted by molar-refractivity contribution is -0.121. The van der Waals surface area contributed by atoms with Gasteiger partial charge in [-0.2, -0.15) is 0 Å². The number of rotatable bonds is 8. The van der Waals surface area contributed by atoms with Crippen LogP contribution >= 0.6 is 0 Å². The second-order valence-electron chi connectivity index (χ2n) is 8.99. The van der Waals surface area contributed by atoms with E-state index in [9.17, 15) is 4.79 Å². The second-order valence-corrected chi connectivity index (χ2v) is 8.99. The van der Waals surface area contributed by atoms with Crippen molar-refractivity contribution in [1.29, 1.82) is 0 Å². The topological polar surface area (TPSA) is 63.9 Å². The first-order valence-corrected chi connectivity index (χ1v) is 11.7. The van der Waals surface area contributed by atoms with Gasteiger partial charge >= 0.3 is 0 Å². The van der Waals surface area contributed by atoms with E-state index in [-0.39, 0.29) is 11.8 Å². The Kier molecular flexibility index (Phi) is 6.09. The van der Waals surface area contributed by atoms with Crippen LogP contribution in [0.25, 0.3) is 21.8 Å². The van der Waals surface area contributed by atoms with Gasteiger partial charge in [-0.1, -0.05) is 48.5 Å². The fourth-order valence-electron chi connectivity index (χ4n) is 4.69. The molecule has 2 heterocycles. The first kappa shape index (κ1) is 21.8.